The third-order valence-corrected chi connectivity index (χ3v) is 9.39. The topological polar surface area (TPSA) is 62.9 Å². The van der Waals surface area contributed by atoms with E-state index < -0.39 is 9.05 Å². The number of rotatable bonds is 13. The Morgan fingerprint density at radius 2 is 0.933 bits per heavy atom. The fourth-order valence-electron chi connectivity index (χ4n) is 5.14. The highest BCUT2D eigenvalue weighted by atomic mass is 28.4. The molecular formula is C24H47NO4Si. The Balaban J connectivity index is 1.65. The van der Waals surface area contributed by atoms with Crippen molar-refractivity contribution in [3.05, 3.63) is 0 Å². The van der Waals surface area contributed by atoms with Gasteiger partial charge >= 0.3 is 9.05 Å². The van der Waals surface area contributed by atoms with Crippen molar-refractivity contribution >= 4 is 9.05 Å². The van der Waals surface area contributed by atoms with Gasteiger partial charge in [-0.2, -0.15) is 0 Å². The zero-order chi connectivity index (χ0) is 20.9. The smallest absolute Gasteiger partial charge is 0.351 e. The SMILES string of the molecule is NCCCCCCO[Si](OC1CCCCC1)(OC1CCCCC1)OC1CCCCC1. The van der Waals surface area contributed by atoms with Gasteiger partial charge in [-0.3, -0.25) is 0 Å². The largest absolute Gasteiger partial charge is 0.680 e. The van der Waals surface area contributed by atoms with Crippen LogP contribution in [-0.2, 0) is 17.7 Å². The fraction of sp³-hybridized carbons (Fsp3) is 1.00. The lowest BCUT2D eigenvalue weighted by Crippen LogP contribution is -2.56. The van der Waals surface area contributed by atoms with E-state index in [-0.39, 0.29) is 18.3 Å². The predicted molar refractivity (Wildman–Crippen MR) is 123 cm³/mol. The minimum Gasteiger partial charge on any atom is -0.351 e. The molecule has 0 amide bonds. The van der Waals surface area contributed by atoms with E-state index in [2.05, 4.69) is 0 Å². The lowest BCUT2D eigenvalue weighted by molar-refractivity contribution is -0.105. The molecule has 3 saturated carbocycles. The van der Waals surface area contributed by atoms with Crippen LogP contribution in [0.3, 0.4) is 0 Å². The molecule has 0 heterocycles. The minimum absolute atomic E-state index is 0.245. The average molecular weight is 442 g/mol. The molecule has 0 aliphatic heterocycles. The molecule has 6 heteroatoms. The average Bonchev–Trinajstić information content (AvgIpc) is 2.78. The second-order valence-electron chi connectivity index (χ2n) is 9.68. The molecule has 3 rings (SSSR count). The standard InChI is InChI=1S/C24H47NO4Si/c25-20-12-1-2-13-21-26-30(27-22-14-6-3-7-15-22,28-23-16-8-4-9-17-23)29-24-18-10-5-11-19-24/h22-24H,1-21,25H2. The minimum atomic E-state index is -3.15. The van der Waals surface area contributed by atoms with Crippen molar-refractivity contribution in [1.82, 2.24) is 0 Å². The number of nitrogens with two attached hydrogens (primary N) is 1. The first-order valence-corrected chi connectivity index (χ1v) is 14.8. The summed E-state index contributed by atoms with van der Waals surface area (Å²) in [6.45, 7) is 1.46. The zero-order valence-corrected chi connectivity index (χ0v) is 20.3. The summed E-state index contributed by atoms with van der Waals surface area (Å²) in [5, 5.41) is 0. The van der Waals surface area contributed by atoms with E-state index in [4.69, 9.17) is 23.4 Å². The van der Waals surface area contributed by atoms with Crippen LogP contribution < -0.4 is 5.73 Å². The molecule has 0 aromatic carbocycles. The maximum atomic E-state index is 6.76. The van der Waals surface area contributed by atoms with Gasteiger partial charge in [-0.15, -0.1) is 0 Å². The Kier molecular flexibility index (Phi) is 11.7. The molecule has 30 heavy (non-hydrogen) atoms. The first-order chi connectivity index (χ1) is 14.8. The van der Waals surface area contributed by atoms with Gasteiger partial charge in [0, 0.05) is 6.61 Å². The summed E-state index contributed by atoms with van der Waals surface area (Å²) in [4.78, 5) is 0. The Morgan fingerprint density at radius 1 is 0.533 bits per heavy atom. The van der Waals surface area contributed by atoms with Crippen molar-refractivity contribution in [1.29, 1.82) is 0 Å². The van der Waals surface area contributed by atoms with E-state index in [9.17, 15) is 0 Å². The summed E-state index contributed by atoms with van der Waals surface area (Å²) in [5.74, 6) is 0. The van der Waals surface area contributed by atoms with E-state index in [0.29, 0.717) is 6.61 Å². The molecule has 0 aromatic heterocycles. The van der Waals surface area contributed by atoms with Gasteiger partial charge in [0.05, 0.1) is 18.3 Å². The van der Waals surface area contributed by atoms with Crippen LogP contribution in [0.15, 0.2) is 0 Å². The predicted octanol–water partition coefficient (Wildman–Crippen LogP) is 6.01. The maximum Gasteiger partial charge on any atom is 0.680 e. The fourth-order valence-corrected chi connectivity index (χ4v) is 7.84. The first kappa shape index (κ1) is 24.7. The van der Waals surface area contributed by atoms with Gasteiger partial charge in [-0.25, -0.2) is 0 Å². The second kappa shape index (κ2) is 14.2. The van der Waals surface area contributed by atoms with Crippen LogP contribution in [0.5, 0.6) is 0 Å². The maximum absolute atomic E-state index is 6.76. The van der Waals surface area contributed by atoms with Crippen molar-refractivity contribution < 1.29 is 17.7 Å². The van der Waals surface area contributed by atoms with Crippen LogP contribution in [0.2, 0.25) is 0 Å². The summed E-state index contributed by atoms with van der Waals surface area (Å²) in [6.07, 6.45) is 23.4. The summed E-state index contributed by atoms with van der Waals surface area (Å²) < 4.78 is 26.9. The van der Waals surface area contributed by atoms with Crippen LogP contribution in [0.1, 0.15) is 122 Å². The highest BCUT2D eigenvalue weighted by molar-refractivity contribution is 6.53. The molecule has 0 bridgehead atoms. The van der Waals surface area contributed by atoms with Crippen LogP contribution in [0, 0.1) is 0 Å². The summed E-state index contributed by atoms with van der Waals surface area (Å²) >= 11 is 0. The molecule has 3 aliphatic rings. The number of hydrogen-bond acceptors (Lipinski definition) is 5. The molecule has 0 unspecified atom stereocenters. The van der Waals surface area contributed by atoms with Crippen LogP contribution in [-0.4, -0.2) is 40.5 Å². The van der Waals surface area contributed by atoms with Gasteiger partial charge in [-0.1, -0.05) is 70.6 Å². The molecule has 3 aliphatic carbocycles. The first-order valence-electron chi connectivity index (χ1n) is 13.2. The molecule has 3 fully saturated rings. The second-order valence-corrected chi connectivity index (χ2v) is 11.7. The monoisotopic (exact) mass is 441 g/mol. The quantitative estimate of drug-likeness (QED) is 0.280. The number of unbranched alkanes of at least 4 members (excludes halogenated alkanes) is 3. The van der Waals surface area contributed by atoms with Gasteiger partial charge in [0.25, 0.3) is 0 Å². The number of hydrogen-bond donors (Lipinski definition) is 1. The van der Waals surface area contributed by atoms with Gasteiger partial charge in [0.1, 0.15) is 0 Å². The van der Waals surface area contributed by atoms with Crippen LogP contribution >= 0.6 is 0 Å². The van der Waals surface area contributed by atoms with E-state index in [1.165, 1.54) is 64.2 Å². The van der Waals surface area contributed by atoms with E-state index in [1.54, 1.807) is 0 Å². The van der Waals surface area contributed by atoms with Gasteiger partial charge < -0.3 is 23.4 Å². The van der Waals surface area contributed by atoms with Crippen LogP contribution in [0.25, 0.3) is 0 Å². The Labute approximate surface area is 186 Å². The Bertz CT molecular complexity index is 385. The van der Waals surface area contributed by atoms with Crippen molar-refractivity contribution in [2.45, 2.75) is 140 Å². The molecular weight excluding hydrogens is 394 g/mol. The van der Waals surface area contributed by atoms with E-state index >= 15 is 0 Å². The molecule has 2 N–H and O–H groups in total. The molecule has 0 saturated heterocycles. The van der Waals surface area contributed by atoms with Gasteiger partial charge in [0.15, 0.2) is 0 Å². The van der Waals surface area contributed by atoms with Crippen molar-refractivity contribution in [2.75, 3.05) is 13.2 Å². The highest BCUT2D eigenvalue weighted by Crippen LogP contribution is 2.33. The molecule has 5 nitrogen and oxygen atoms in total. The van der Waals surface area contributed by atoms with Crippen molar-refractivity contribution in [3.8, 4) is 0 Å². The third-order valence-electron chi connectivity index (χ3n) is 6.97. The van der Waals surface area contributed by atoms with E-state index in [1.807, 2.05) is 0 Å². The van der Waals surface area contributed by atoms with E-state index in [0.717, 1.165) is 64.3 Å². The van der Waals surface area contributed by atoms with Gasteiger partial charge in [0.2, 0.25) is 0 Å². The lowest BCUT2D eigenvalue weighted by atomic mass is 9.98. The normalized spacial score (nSPS) is 23.1. The summed E-state index contributed by atoms with van der Waals surface area (Å²) in [7, 11) is -3.15. The highest BCUT2D eigenvalue weighted by Gasteiger charge is 2.51. The molecule has 176 valence electrons. The van der Waals surface area contributed by atoms with Crippen molar-refractivity contribution in [2.24, 2.45) is 5.73 Å². The lowest BCUT2D eigenvalue weighted by Gasteiger charge is -2.39. The zero-order valence-electron chi connectivity index (χ0n) is 19.3. The molecule has 0 radical (unpaired) electrons. The molecule has 0 aromatic rings. The molecule has 0 spiro atoms. The van der Waals surface area contributed by atoms with Crippen molar-refractivity contribution in [3.63, 3.8) is 0 Å². The summed E-state index contributed by atoms with van der Waals surface area (Å²) in [5.41, 5.74) is 5.64. The Morgan fingerprint density at radius 3 is 1.33 bits per heavy atom. The van der Waals surface area contributed by atoms with Crippen LogP contribution in [0.4, 0.5) is 0 Å². The third kappa shape index (κ3) is 8.87. The Hall–Kier alpha value is 0.0169. The molecule has 0 atom stereocenters. The summed E-state index contributed by atoms with van der Waals surface area (Å²) in [6, 6.07) is 0. The van der Waals surface area contributed by atoms with Gasteiger partial charge in [-0.05, 0) is 57.9 Å².